The molecule has 4 heteroatoms. The summed E-state index contributed by atoms with van der Waals surface area (Å²) in [6, 6.07) is 19.8. The van der Waals surface area contributed by atoms with Gasteiger partial charge in [-0.05, 0) is 36.8 Å². The van der Waals surface area contributed by atoms with Crippen LogP contribution < -0.4 is 5.32 Å². The van der Waals surface area contributed by atoms with Gasteiger partial charge in [-0.3, -0.25) is 9.59 Å². The smallest absolute Gasteiger partial charge is 0.243 e. The average Bonchev–Trinajstić information content (AvgIpc) is 3.26. The number of carbonyl (C=O) groups excluding carboxylic acids is 2. The fourth-order valence-corrected chi connectivity index (χ4v) is 4.11. The lowest BCUT2D eigenvalue weighted by Gasteiger charge is -2.31. The lowest BCUT2D eigenvalue weighted by molar-refractivity contribution is -0.141. The normalized spacial score (nSPS) is 15.1. The summed E-state index contributed by atoms with van der Waals surface area (Å²) in [6.07, 6.45) is 6.14. The van der Waals surface area contributed by atoms with Crippen molar-refractivity contribution in [2.75, 3.05) is 0 Å². The van der Waals surface area contributed by atoms with Gasteiger partial charge in [0.1, 0.15) is 6.04 Å². The molecule has 4 nitrogen and oxygen atoms in total. The zero-order valence-corrected chi connectivity index (χ0v) is 17.3. The van der Waals surface area contributed by atoms with Crippen LogP contribution in [0.25, 0.3) is 0 Å². The molecule has 1 aliphatic rings. The minimum absolute atomic E-state index is 0.0107. The second-order valence-electron chi connectivity index (χ2n) is 7.91. The molecule has 1 atom stereocenters. The quantitative estimate of drug-likeness (QED) is 0.684. The first kappa shape index (κ1) is 21.1. The highest BCUT2D eigenvalue weighted by atomic mass is 16.2. The van der Waals surface area contributed by atoms with E-state index in [-0.39, 0.29) is 17.9 Å². The highest BCUT2D eigenvalue weighted by Gasteiger charge is 2.30. The van der Waals surface area contributed by atoms with Gasteiger partial charge in [-0.2, -0.15) is 0 Å². The fourth-order valence-electron chi connectivity index (χ4n) is 4.11. The van der Waals surface area contributed by atoms with E-state index in [0.29, 0.717) is 25.8 Å². The SMILES string of the molecule is CC[C@@H](C(=O)NC1CCCC1)N(Cc1ccccc1)C(=O)CCc1ccccc1. The number of carbonyl (C=O) groups is 2. The monoisotopic (exact) mass is 392 g/mol. The van der Waals surface area contributed by atoms with Gasteiger partial charge < -0.3 is 10.2 Å². The van der Waals surface area contributed by atoms with Crippen molar-refractivity contribution in [1.82, 2.24) is 10.2 Å². The topological polar surface area (TPSA) is 49.4 Å². The van der Waals surface area contributed by atoms with Crippen LogP contribution in [0.5, 0.6) is 0 Å². The molecule has 0 heterocycles. The van der Waals surface area contributed by atoms with Crippen molar-refractivity contribution in [2.45, 2.75) is 70.5 Å². The molecule has 2 aromatic carbocycles. The zero-order valence-electron chi connectivity index (χ0n) is 17.3. The number of nitrogens with zero attached hydrogens (tertiary/aromatic N) is 1. The van der Waals surface area contributed by atoms with E-state index in [1.165, 1.54) is 12.8 Å². The molecule has 0 spiro atoms. The van der Waals surface area contributed by atoms with E-state index >= 15 is 0 Å². The van der Waals surface area contributed by atoms with Crippen LogP contribution in [0.2, 0.25) is 0 Å². The lowest BCUT2D eigenvalue weighted by atomic mass is 10.1. The maximum atomic E-state index is 13.2. The van der Waals surface area contributed by atoms with E-state index in [2.05, 4.69) is 5.32 Å². The van der Waals surface area contributed by atoms with Gasteiger partial charge in [0.2, 0.25) is 11.8 Å². The van der Waals surface area contributed by atoms with Crippen LogP contribution in [0.4, 0.5) is 0 Å². The van der Waals surface area contributed by atoms with Gasteiger partial charge in [0.05, 0.1) is 0 Å². The molecule has 0 aliphatic heterocycles. The standard InChI is InChI=1S/C25H32N2O2/c1-2-23(25(29)26-22-15-9-10-16-22)27(19-21-13-7-4-8-14-21)24(28)18-17-20-11-5-3-6-12-20/h3-8,11-14,22-23H,2,9-10,15-19H2,1H3,(H,26,29)/t23-/m0/s1. The Hall–Kier alpha value is -2.62. The highest BCUT2D eigenvalue weighted by molar-refractivity contribution is 5.88. The third-order valence-corrected chi connectivity index (χ3v) is 5.75. The van der Waals surface area contributed by atoms with Crippen molar-refractivity contribution in [1.29, 1.82) is 0 Å². The third-order valence-electron chi connectivity index (χ3n) is 5.75. The van der Waals surface area contributed by atoms with Gasteiger partial charge >= 0.3 is 0 Å². The Kier molecular flexibility index (Phi) is 7.85. The molecule has 3 rings (SSSR count). The van der Waals surface area contributed by atoms with Gasteiger partial charge in [-0.1, -0.05) is 80.4 Å². The maximum Gasteiger partial charge on any atom is 0.243 e. The van der Waals surface area contributed by atoms with Gasteiger partial charge in [-0.15, -0.1) is 0 Å². The number of hydrogen-bond donors (Lipinski definition) is 1. The van der Waals surface area contributed by atoms with Crippen LogP contribution in [0.15, 0.2) is 60.7 Å². The first-order valence-electron chi connectivity index (χ1n) is 10.8. The fraction of sp³-hybridized carbons (Fsp3) is 0.440. The van der Waals surface area contributed by atoms with Crippen molar-refractivity contribution in [2.24, 2.45) is 0 Å². The van der Waals surface area contributed by atoms with Crippen LogP contribution in [0.3, 0.4) is 0 Å². The van der Waals surface area contributed by atoms with Crippen molar-refractivity contribution in [3.05, 3.63) is 71.8 Å². The summed E-state index contributed by atoms with van der Waals surface area (Å²) in [4.78, 5) is 28.0. The number of rotatable bonds is 9. The van der Waals surface area contributed by atoms with Crippen LogP contribution >= 0.6 is 0 Å². The van der Waals surface area contributed by atoms with Crippen LogP contribution in [-0.2, 0) is 22.6 Å². The molecule has 0 unspecified atom stereocenters. The molecule has 2 amide bonds. The minimum atomic E-state index is -0.431. The predicted octanol–water partition coefficient (Wildman–Crippen LogP) is 4.49. The maximum absolute atomic E-state index is 13.2. The molecule has 29 heavy (non-hydrogen) atoms. The van der Waals surface area contributed by atoms with Crippen molar-refractivity contribution in [3.8, 4) is 0 Å². The molecule has 0 radical (unpaired) electrons. The third kappa shape index (κ3) is 6.18. The van der Waals surface area contributed by atoms with Gasteiger partial charge in [0.25, 0.3) is 0 Å². The summed E-state index contributed by atoms with van der Waals surface area (Å²) in [5.74, 6) is 0.0227. The van der Waals surface area contributed by atoms with E-state index in [1.54, 1.807) is 4.90 Å². The molecule has 1 N–H and O–H groups in total. The number of hydrogen-bond acceptors (Lipinski definition) is 2. The summed E-state index contributed by atoms with van der Waals surface area (Å²) >= 11 is 0. The second-order valence-corrected chi connectivity index (χ2v) is 7.91. The molecule has 154 valence electrons. The first-order chi connectivity index (χ1) is 14.2. The van der Waals surface area contributed by atoms with Crippen molar-refractivity contribution in [3.63, 3.8) is 0 Å². The second kappa shape index (κ2) is 10.8. The number of nitrogens with one attached hydrogen (secondary N) is 1. The Labute approximate surface area is 174 Å². The molecule has 1 aliphatic carbocycles. The Bertz CT molecular complexity index is 770. The van der Waals surface area contributed by atoms with E-state index < -0.39 is 6.04 Å². The van der Waals surface area contributed by atoms with Crippen LogP contribution in [0.1, 0.15) is 56.6 Å². The van der Waals surface area contributed by atoms with E-state index in [4.69, 9.17) is 0 Å². The lowest BCUT2D eigenvalue weighted by Crippen LogP contribution is -2.51. The van der Waals surface area contributed by atoms with Gasteiger partial charge in [-0.25, -0.2) is 0 Å². The molecule has 1 saturated carbocycles. The molecular formula is C25H32N2O2. The molecule has 0 bridgehead atoms. The zero-order chi connectivity index (χ0) is 20.5. The Morgan fingerprint density at radius 1 is 0.966 bits per heavy atom. The van der Waals surface area contributed by atoms with Crippen molar-refractivity contribution >= 4 is 11.8 Å². The molecule has 2 aromatic rings. The average molecular weight is 393 g/mol. The molecular weight excluding hydrogens is 360 g/mol. The summed E-state index contributed by atoms with van der Waals surface area (Å²) in [6.45, 7) is 2.45. The predicted molar refractivity (Wildman–Crippen MR) is 116 cm³/mol. The summed E-state index contributed by atoms with van der Waals surface area (Å²) < 4.78 is 0. The van der Waals surface area contributed by atoms with Crippen LogP contribution in [-0.4, -0.2) is 28.8 Å². The summed E-state index contributed by atoms with van der Waals surface area (Å²) in [5.41, 5.74) is 2.19. The largest absolute Gasteiger partial charge is 0.352 e. The Balaban J connectivity index is 1.72. The highest BCUT2D eigenvalue weighted by Crippen LogP contribution is 2.20. The van der Waals surface area contributed by atoms with Crippen LogP contribution in [0, 0.1) is 0 Å². The van der Waals surface area contributed by atoms with E-state index in [1.807, 2.05) is 67.6 Å². The van der Waals surface area contributed by atoms with E-state index in [9.17, 15) is 9.59 Å². The van der Waals surface area contributed by atoms with Gasteiger partial charge in [0.15, 0.2) is 0 Å². The number of benzene rings is 2. The number of amides is 2. The molecule has 0 aromatic heterocycles. The Morgan fingerprint density at radius 2 is 1.55 bits per heavy atom. The first-order valence-corrected chi connectivity index (χ1v) is 10.8. The van der Waals surface area contributed by atoms with E-state index in [0.717, 1.165) is 24.0 Å². The summed E-state index contributed by atoms with van der Waals surface area (Å²) in [5, 5.41) is 3.19. The minimum Gasteiger partial charge on any atom is -0.352 e. The molecule has 0 saturated heterocycles. The van der Waals surface area contributed by atoms with Crippen molar-refractivity contribution < 1.29 is 9.59 Å². The summed E-state index contributed by atoms with van der Waals surface area (Å²) in [7, 11) is 0. The number of aryl methyl sites for hydroxylation is 1. The Morgan fingerprint density at radius 3 is 2.14 bits per heavy atom. The van der Waals surface area contributed by atoms with Gasteiger partial charge in [0, 0.05) is 19.0 Å². The molecule has 1 fully saturated rings.